The molecule has 11 nitrogen and oxygen atoms in total. The molecule has 3 aromatic rings. The van der Waals surface area contributed by atoms with Crippen LogP contribution in [0.15, 0.2) is 60.7 Å². The first kappa shape index (κ1) is 25.8. The normalized spacial score (nSPS) is 19.2. The van der Waals surface area contributed by atoms with Gasteiger partial charge in [-0.3, -0.25) is 9.59 Å². The van der Waals surface area contributed by atoms with E-state index in [-0.39, 0.29) is 49.3 Å². The monoisotopic (exact) mass is 527 g/mol. The van der Waals surface area contributed by atoms with Gasteiger partial charge in [-0.15, -0.1) is 0 Å². The zero-order valence-corrected chi connectivity index (χ0v) is 21.4. The van der Waals surface area contributed by atoms with E-state index in [4.69, 9.17) is 5.73 Å². The Morgan fingerprint density at radius 1 is 1.18 bits per heavy atom. The van der Waals surface area contributed by atoms with Gasteiger partial charge < -0.3 is 26.0 Å². The van der Waals surface area contributed by atoms with Crippen LogP contribution in [0.5, 0.6) is 5.75 Å². The lowest BCUT2D eigenvalue weighted by molar-refractivity contribution is -0.157. The van der Waals surface area contributed by atoms with Crippen molar-refractivity contribution in [2.45, 2.75) is 25.2 Å². The molecule has 0 unspecified atom stereocenters. The largest absolute Gasteiger partial charge is 0.506 e. The third kappa shape index (κ3) is 4.78. The van der Waals surface area contributed by atoms with Crippen LogP contribution in [0.3, 0.4) is 0 Å². The summed E-state index contributed by atoms with van der Waals surface area (Å²) >= 11 is 0. The number of nitrogens with two attached hydrogens (primary N) is 1. The number of rotatable bonds is 6. The fraction of sp³-hybridized carbons (Fsp3) is 0.286. The van der Waals surface area contributed by atoms with E-state index in [2.05, 4.69) is 5.32 Å². The minimum Gasteiger partial charge on any atom is -0.506 e. The molecule has 2 aliphatic heterocycles. The molecule has 200 valence electrons. The minimum atomic E-state index is -0.867. The van der Waals surface area contributed by atoms with Crippen LogP contribution in [0.25, 0.3) is 10.8 Å². The number of hydrogen-bond acceptors (Lipinski definition) is 7. The molecule has 0 spiro atoms. The van der Waals surface area contributed by atoms with Gasteiger partial charge in [0.2, 0.25) is 11.8 Å². The molecule has 2 fully saturated rings. The highest BCUT2D eigenvalue weighted by molar-refractivity contribution is 5.92. The zero-order valence-electron chi connectivity index (χ0n) is 21.4. The number of carbonyl (C=O) groups excluding carboxylic acids is 3. The quantitative estimate of drug-likeness (QED) is 0.251. The van der Waals surface area contributed by atoms with Crippen molar-refractivity contribution in [3.63, 3.8) is 0 Å². The van der Waals surface area contributed by atoms with Gasteiger partial charge in [0.15, 0.2) is 0 Å². The van der Waals surface area contributed by atoms with E-state index in [1.165, 1.54) is 23.0 Å². The summed E-state index contributed by atoms with van der Waals surface area (Å²) in [7, 11) is 1.46. The molecule has 4 N–H and O–H groups in total. The molecule has 0 aromatic heterocycles. The van der Waals surface area contributed by atoms with Crippen molar-refractivity contribution in [2.75, 3.05) is 32.4 Å². The first-order valence-corrected chi connectivity index (χ1v) is 12.6. The van der Waals surface area contributed by atoms with Crippen LogP contribution in [0.2, 0.25) is 0 Å². The van der Waals surface area contributed by atoms with E-state index in [0.717, 1.165) is 16.3 Å². The standard InChI is InChI=1S/C28H29N7O4/c1-31-28(39)33(12-11-29)34-17-26(37)35-23(14-18-9-10-24(36)22(30)13-18)27(38)32(16-25(34)35)15-20-7-4-6-19-5-2-3-8-21(19)20/h2-10,13,23,25,36H,12,14-17,30H2,1H3,(H,31,39)/t23-,25+/m0/s1. The number of fused-ring (bicyclic) bond motifs is 2. The predicted octanol–water partition coefficient (Wildman–Crippen LogP) is 1.63. The summed E-state index contributed by atoms with van der Waals surface area (Å²) in [6.45, 7) is 0.0526. The highest BCUT2D eigenvalue weighted by Crippen LogP contribution is 2.32. The van der Waals surface area contributed by atoms with Gasteiger partial charge in [-0.25, -0.2) is 9.80 Å². The second-order valence-corrected chi connectivity index (χ2v) is 9.62. The topological polar surface area (TPSA) is 146 Å². The lowest BCUT2D eigenvalue weighted by atomic mass is 9.98. The van der Waals surface area contributed by atoms with Gasteiger partial charge in [0.05, 0.1) is 24.8 Å². The highest BCUT2D eigenvalue weighted by atomic mass is 16.3. The molecule has 0 aliphatic carbocycles. The molecule has 11 heteroatoms. The van der Waals surface area contributed by atoms with E-state index in [9.17, 15) is 24.8 Å². The van der Waals surface area contributed by atoms with Crippen LogP contribution < -0.4 is 11.1 Å². The van der Waals surface area contributed by atoms with E-state index >= 15 is 0 Å². The molecule has 3 aromatic carbocycles. The van der Waals surface area contributed by atoms with Crippen molar-refractivity contribution in [3.05, 3.63) is 71.8 Å². The maximum Gasteiger partial charge on any atom is 0.332 e. The van der Waals surface area contributed by atoms with Crippen LogP contribution in [0.1, 0.15) is 11.1 Å². The molecule has 2 aliphatic rings. The van der Waals surface area contributed by atoms with Crippen LogP contribution >= 0.6 is 0 Å². The number of nitrogen functional groups attached to an aromatic ring is 1. The Labute approximate surface area is 225 Å². The third-order valence-electron chi connectivity index (χ3n) is 7.31. The van der Waals surface area contributed by atoms with E-state index < -0.39 is 18.2 Å². The summed E-state index contributed by atoms with van der Waals surface area (Å²) < 4.78 is 0. The van der Waals surface area contributed by atoms with Gasteiger partial charge in [-0.05, 0) is 34.0 Å². The predicted molar refractivity (Wildman–Crippen MR) is 143 cm³/mol. The summed E-state index contributed by atoms with van der Waals surface area (Å²) in [5.41, 5.74) is 7.72. The number of nitrogens with one attached hydrogen (secondary N) is 1. The molecule has 39 heavy (non-hydrogen) atoms. The summed E-state index contributed by atoms with van der Waals surface area (Å²) in [5, 5.41) is 26.6. The van der Waals surface area contributed by atoms with Gasteiger partial charge >= 0.3 is 6.03 Å². The maximum absolute atomic E-state index is 14.0. The lowest BCUT2D eigenvalue weighted by Gasteiger charge is -2.46. The van der Waals surface area contributed by atoms with Gasteiger partial charge in [0.25, 0.3) is 0 Å². The fourth-order valence-corrected chi connectivity index (χ4v) is 5.46. The summed E-state index contributed by atoms with van der Waals surface area (Å²) in [5.74, 6) is -0.611. The fourth-order valence-electron chi connectivity index (χ4n) is 5.46. The average molecular weight is 528 g/mol. The molecule has 5 rings (SSSR count). The number of carbonyl (C=O) groups is 3. The van der Waals surface area contributed by atoms with E-state index in [1.807, 2.05) is 48.5 Å². The van der Waals surface area contributed by atoms with Crippen molar-refractivity contribution in [2.24, 2.45) is 0 Å². The summed E-state index contributed by atoms with van der Waals surface area (Å²) in [4.78, 5) is 43.2. The Hall–Kier alpha value is -4.82. The Balaban J connectivity index is 1.54. The van der Waals surface area contributed by atoms with Crippen molar-refractivity contribution < 1.29 is 19.5 Å². The van der Waals surface area contributed by atoms with Gasteiger partial charge in [0, 0.05) is 20.0 Å². The first-order valence-electron chi connectivity index (χ1n) is 12.6. The van der Waals surface area contributed by atoms with E-state index in [0.29, 0.717) is 12.1 Å². The van der Waals surface area contributed by atoms with Crippen molar-refractivity contribution in [1.82, 2.24) is 25.1 Å². The Kier molecular flexibility index (Phi) is 6.96. The number of urea groups is 1. The molecule has 0 saturated carbocycles. The first-order chi connectivity index (χ1) is 18.8. The van der Waals surface area contributed by atoms with Crippen LogP contribution in [-0.4, -0.2) is 81.7 Å². The molecule has 2 saturated heterocycles. The van der Waals surface area contributed by atoms with Crippen molar-refractivity contribution in [1.29, 1.82) is 5.26 Å². The second kappa shape index (κ2) is 10.5. The second-order valence-electron chi connectivity index (χ2n) is 9.62. The van der Waals surface area contributed by atoms with Crippen LogP contribution in [0.4, 0.5) is 10.5 Å². The number of phenolic OH excluding ortho intramolecular Hbond substituents is 1. The number of nitrogens with zero attached hydrogens (tertiary/aromatic N) is 5. The van der Waals surface area contributed by atoms with E-state index in [1.54, 1.807) is 22.0 Å². The molecule has 0 radical (unpaired) electrons. The number of piperazine rings is 1. The van der Waals surface area contributed by atoms with Crippen molar-refractivity contribution in [3.8, 4) is 11.8 Å². The Morgan fingerprint density at radius 2 is 1.95 bits per heavy atom. The number of anilines is 1. The average Bonchev–Trinajstić information content (AvgIpc) is 3.26. The number of phenols is 1. The van der Waals surface area contributed by atoms with Crippen molar-refractivity contribution >= 4 is 34.3 Å². The number of aromatic hydroxyl groups is 1. The Morgan fingerprint density at radius 3 is 2.69 bits per heavy atom. The Bertz CT molecular complexity index is 1480. The number of amides is 4. The van der Waals surface area contributed by atoms with Gasteiger partial charge in [0.1, 0.15) is 24.5 Å². The van der Waals surface area contributed by atoms with Gasteiger partial charge in [-0.1, -0.05) is 48.5 Å². The van der Waals surface area contributed by atoms with Crippen LogP contribution in [-0.2, 0) is 22.6 Å². The lowest BCUT2D eigenvalue weighted by Crippen LogP contribution is -2.66. The number of nitriles is 1. The smallest absolute Gasteiger partial charge is 0.332 e. The van der Waals surface area contributed by atoms with Gasteiger partial charge in [-0.2, -0.15) is 10.3 Å². The number of hydrazine groups is 1. The summed E-state index contributed by atoms with van der Waals surface area (Å²) in [6.07, 6.45) is -0.487. The minimum absolute atomic E-state index is 0.0645. The number of hydrogen-bond donors (Lipinski definition) is 3. The molecular formula is C28H29N7O4. The maximum atomic E-state index is 14.0. The molecular weight excluding hydrogens is 498 g/mol. The third-order valence-corrected chi connectivity index (χ3v) is 7.31. The van der Waals surface area contributed by atoms with Crippen LogP contribution in [0, 0.1) is 11.3 Å². The molecule has 4 amide bonds. The number of benzene rings is 3. The SMILES string of the molecule is CNC(=O)N(CC#N)N1CC(=O)N2[C@@H](Cc3ccc(O)c(N)c3)C(=O)N(Cc3cccc4ccccc34)C[C@@H]21. The zero-order chi connectivity index (χ0) is 27.7. The molecule has 2 atom stereocenters. The molecule has 2 heterocycles. The summed E-state index contributed by atoms with van der Waals surface area (Å²) in [6, 6.07) is 19.2. The molecule has 0 bridgehead atoms. The highest BCUT2D eigenvalue weighted by Gasteiger charge is 2.52.